The number of hydrogen-bond acceptors (Lipinski definition) is 8. The Labute approximate surface area is 185 Å². The minimum Gasteiger partial charge on any atom is -0.280 e. The van der Waals surface area contributed by atoms with Crippen LogP contribution in [-0.2, 0) is 24.4 Å². The fourth-order valence-electron chi connectivity index (χ4n) is 3.12. The average Bonchev–Trinajstić information content (AvgIpc) is 3.35. The molecule has 2 aliphatic rings. The maximum absolute atomic E-state index is 13.0. The number of anilines is 1. The number of amides is 3. The monoisotopic (exact) mass is 479 g/mol. The first-order valence-corrected chi connectivity index (χ1v) is 12.1. The van der Waals surface area contributed by atoms with Crippen LogP contribution in [-0.4, -0.2) is 41.4 Å². The lowest BCUT2D eigenvalue weighted by molar-refractivity contribution is -0.129. The zero-order valence-corrected chi connectivity index (χ0v) is 18.3. The van der Waals surface area contributed by atoms with Crippen molar-refractivity contribution in [1.82, 2.24) is 4.90 Å². The van der Waals surface area contributed by atoms with Crippen molar-refractivity contribution in [2.45, 2.75) is 17.4 Å². The molecule has 3 heterocycles. The van der Waals surface area contributed by atoms with Crippen molar-refractivity contribution in [1.29, 1.82) is 0 Å². The summed E-state index contributed by atoms with van der Waals surface area (Å²) in [5.41, 5.74) is 0.194. The molecule has 2 N–H and O–H groups in total. The fourth-order valence-corrected chi connectivity index (χ4v) is 5.72. The summed E-state index contributed by atoms with van der Waals surface area (Å²) < 4.78 is 23.0. The summed E-state index contributed by atoms with van der Waals surface area (Å²) in [5, 5.41) is 6.95. The van der Waals surface area contributed by atoms with Gasteiger partial charge in [0.1, 0.15) is 10.4 Å². The number of thiophene rings is 1. The first-order valence-electron chi connectivity index (χ1n) is 8.47. The molecule has 2 aromatic rings. The largest absolute Gasteiger partial charge is 0.280 e. The predicted octanol–water partition coefficient (Wildman–Crippen LogP) is 1.93. The van der Waals surface area contributed by atoms with E-state index in [0.29, 0.717) is 4.91 Å². The van der Waals surface area contributed by atoms with Crippen molar-refractivity contribution in [2.75, 3.05) is 4.90 Å². The average molecular weight is 480 g/mol. The minimum atomic E-state index is -3.90. The van der Waals surface area contributed by atoms with Gasteiger partial charge in [-0.05, 0) is 41.8 Å². The number of carbonyl (C=O) groups excluding carboxylic acids is 3. The standard InChI is InChI=1S/C18H13N3O5S4/c19-30(25,26)12-5-3-10(4-6-12)20-15(22)9-13(16(20)23)21-17(24)14(29-18(21)27)8-11-2-1-7-28-11/h1-8,13H,9H2,(H2,19,25,26). The van der Waals surface area contributed by atoms with Gasteiger partial charge in [-0.15, -0.1) is 11.3 Å². The topological polar surface area (TPSA) is 118 Å². The van der Waals surface area contributed by atoms with Gasteiger partial charge in [-0.1, -0.05) is 30.0 Å². The van der Waals surface area contributed by atoms with E-state index in [9.17, 15) is 22.8 Å². The van der Waals surface area contributed by atoms with E-state index in [0.717, 1.165) is 21.5 Å². The van der Waals surface area contributed by atoms with Crippen molar-refractivity contribution >= 4 is 79.1 Å². The van der Waals surface area contributed by atoms with Crippen molar-refractivity contribution in [3.63, 3.8) is 0 Å². The SMILES string of the molecule is NS(=O)(=O)c1ccc(N2C(=O)CC(N3C(=O)C(=Cc4cccs4)SC3=S)C2=O)cc1. The Balaban J connectivity index is 1.60. The van der Waals surface area contributed by atoms with Crippen molar-refractivity contribution < 1.29 is 22.8 Å². The Kier molecular flexibility index (Phi) is 5.36. The molecule has 4 rings (SSSR count). The highest BCUT2D eigenvalue weighted by molar-refractivity contribution is 8.26. The maximum Gasteiger partial charge on any atom is 0.266 e. The van der Waals surface area contributed by atoms with Gasteiger partial charge in [-0.25, -0.2) is 18.5 Å². The van der Waals surface area contributed by atoms with Crippen LogP contribution < -0.4 is 10.0 Å². The summed E-state index contributed by atoms with van der Waals surface area (Å²) in [6.07, 6.45) is 1.49. The zero-order chi connectivity index (χ0) is 21.6. The molecule has 2 aliphatic heterocycles. The van der Waals surface area contributed by atoms with Crippen LogP contribution in [0.1, 0.15) is 11.3 Å². The molecule has 0 aliphatic carbocycles. The number of nitrogens with zero attached hydrogens (tertiary/aromatic N) is 2. The number of nitrogens with two attached hydrogens (primary N) is 1. The fraction of sp³-hybridized carbons (Fsp3) is 0.111. The summed E-state index contributed by atoms with van der Waals surface area (Å²) in [5.74, 6) is -1.53. The predicted molar refractivity (Wildman–Crippen MR) is 118 cm³/mol. The summed E-state index contributed by atoms with van der Waals surface area (Å²) in [4.78, 5) is 41.6. The number of sulfonamides is 1. The number of benzene rings is 1. The van der Waals surface area contributed by atoms with Gasteiger partial charge >= 0.3 is 0 Å². The lowest BCUT2D eigenvalue weighted by Crippen LogP contribution is -2.44. The molecule has 3 amide bonds. The van der Waals surface area contributed by atoms with Gasteiger partial charge in [0.25, 0.3) is 11.8 Å². The number of hydrogen-bond donors (Lipinski definition) is 1. The van der Waals surface area contributed by atoms with Crippen LogP contribution in [0.3, 0.4) is 0 Å². The maximum atomic E-state index is 13.0. The van der Waals surface area contributed by atoms with Gasteiger partial charge in [0.15, 0.2) is 0 Å². The van der Waals surface area contributed by atoms with Crippen molar-refractivity contribution in [2.24, 2.45) is 5.14 Å². The quantitative estimate of drug-likeness (QED) is 0.404. The van der Waals surface area contributed by atoms with Gasteiger partial charge in [-0.3, -0.25) is 19.3 Å². The molecule has 1 aromatic heterocycles. The molecule has 1 atom stereocenters. The number of thioether (sulfide) groups is 1. The van der Waals surface area contributed by atoms with E-state index in [1.807, 2.05) is 17.5 Å². The molecule has 30 heavy (non-hydrogen) atoms. The Morgan fingerprint density at radius 2 is 1.83 bits per heavy atom. The Morgan fingerprint density at radius 1 is 1.13 bits per heavy atom. The van der Waals surface area contributed by atoms with Crippen LogP contribution in [0.5, 0.6) is 0 Å². The second-order valence-electron chi connectivity index (χ2n) is 6.39. The molecule has 0 bridgehead atoms. The highest BCUT2D eigenvalue weighted by Crippen LogP contribution is 2.37. The van der Waals surface area contributed by atoms with E-state index in [4.69, 9.17) is 17.4 Å². The van der Waals surface area contributed by atoms with Gasteiger partial charge in [-0.2, -0.15) is 0 Å². The van der Waals surface area contributed by atoms with E-state index >= 15 is 0 Å². The molecule has 154 valence electrons. The molecule has 2 saturated heterocycles. The lowest BCUT2D eigenvalue weighted by atomic mass is 10.2. The van der Waals surface area contributed by atoms with Gasteiger partial charge in [0.2, 0.25) is 15.9 Å². The molecule has 2 fully saturated rings. The van der Waals surface area contributed by atoms with Gasteiger partial charge in [0.05, 0.1) is 21.9 Å². The number of primary sulfonamides is 1. The van der Waals surface area contributed by atoms with Gasteiger partial charge < -0.3 is 0 Å². The molecule has 0 spiro atoms. The highest BCUT2D eigenvalue weighted by Gasteiger charge is 2.48. The second kappa shape index (κ2) is 7.71. The summed E-state index contributed by atoms with van der Waals surface area (Å²) in [6.45, 7) is 0. The van der Waals surface area contributed by atoms with E-state index in [1.165, 1.54) is 40.5 Å². The van der Waals surface area contributed by atoms with Crippen molar-refractivity contribution in [3.05, 3.63) is 51.6 Å². The first-order chi connectivity index (χ1) is 14.2. The van der Waals surface area contributed by atoms with Crippen LogP contribution in [0.4, 0.5) is 5.69 Å². The third-order valence-electron chi connectivity index (χ3n) is 4.50. The minimum absolute atomic E-state index is 0.141. The zero-order valence-electron chi connectivity index (χ0n) is 15.0. The molecule has 1 aromatic carbocycles. The molecule has 12 heteroatoms. The molecule has 8 nitrogen and oxygen atoms in total. The van der Waals surface area contributed by atoms with E-state index in [2.05, 4.69) is 0 Å². The van der Waals surface area contributed by atoms with E-state index in [1.54, 1.807) is 6.08 Å². The Bertz CT molecular complexity index is 1200. The van der Waals surface area contributed by atoms with Crippen LogP contribution in [0, 0.1) is 0 Å². The third-order valence-corrected chi connectivity index (χ3v) is 7.58. The summed E-state index contributed by atoms with van der Waals surface area (Å²) in [6, 6.07) is 7.73. The summed E-state index contributed by atoms with van der Waals surface area (Å²) in [7, 11) is -3.90. The number of thiocarbonyl (C=S) groups is 1. The highest BCUT2D eigenvalue weighted by atomic mass is 32.2. The molecular weight excluding hydrogens is 466 g/mol. The normalized spacial score (nSPS) is 21.4. The Morgan fingerprint density at radius 3 is 2.43 bits per heavy atom. The van der Waals surface area contributed by atoms with Crippen LogP contribution in [0.25, 0.3) is 6.08 Å². The summed E-state index contributed by atoms with van der Waals surface area (Å²) >= 11 is 7.85. The molecule has 1 unspecified atom stereocenters. The lowest BCUT2D eigenvalue weighted by Gasteiger charge is -2.21. The number of imide groups is 1. The molecule has 0 radical (unpaired) electrons. The number of rotatable bonds is 4. The number of carbonyl (C=O) groups is 3. The van der Waals surface area contributed by atoms with Crippen LogP contribution >= 0.6 is 35.3 Å². The molecule has 0 saturated carbocycles. The molecular formula is C18H13N3O5S4. The van der Waals surface area contributed by atoms with Gasteiger partial charge in [0, 0.05) is 4.88 Å². The third kappa shape index (κ3) is 3.72. The van der Waals surface area contributed by atoms with Crippen LogP contribution in [0.15, 0.2) is 51.6 Å². The first kappa shape index (κ1) is 20.9. The van der Waals surface area contributed by atoms with Crippen molar-refractivity contribution in [3.8, 4) is 0 Å². The Hall–Kier alpha value is -2.38. The van der Waals surface area contributed by atoms with E-state index in [-0.39, 0.29) is 21.3 Å². The smallest absolute Gasteiger partial charge is 0.266 e. The van der Waals surface area contributed by atoms with E-state index < -0.39 is 33.8 Å². The second-order valence-corrected chi connectivity index (χ2v) is 10.6. The van der Waals surface area contributed by atoms with Crippen LogP contribution in [0.2, 0.25) is 0 Å².